The van der Waals surface area contributed by atoms with Crippen LogP contribution in [0.2, 0.25) is 0 Å². The van der Waals surface area contributed by atoms with Crippen LogP contribution in [0.4, 0.5) is 0 Å². The summed E-state index contributed by atoms with van der Waals surface area (Å²) in [7, 11) is 1.42. The Morgan fingerprint density at radius 2 is 2.00 bits per heavy atom. The van der Waals surface area contributed by atoms with E-state index in [4.69, 9.17) is 9.84 Å². The molecule has 0 spiro atoms. The first kappa shape index (κ1) is 10.6. The van der Waals surface area contributed by atoms with Crippen molar-refractivity contribution < 1.29 is 14.6 Å². The van der Waals surface area contributed by atoms with Gasteiger partial charge in [-0.15, -0.1) is 0 Å². The molecule has 0 aliphatic carbocycles. The molecular formula is C8H16O3. The number of rotatable bonds is 3. The highest BCUT2D eigenvalue weighted by molar-refractivity contribution is 5.87. The van der Waals surface area contributed by atoms with Gasteiger partial charge in [-0.25, -0.2) is 0 Å². The number of hydrogen-bond donors (Lipinski definition) is 1. The topological polar surface area (TPSA) is 46.5 Å². The first-order valence-electron chi connectivity index (χ1n) is 3.61. The molecule has 0 fully saturated rings. The number of ether oxygens (including phenoxy) is 1. The molecule has 0 saturated carbocycles. The molecular weight excluding hydrogens is 144 g/mol. The molecule has 11 heavy (non-hydrogen) atoms. The second kappa shape index (κ2) is 3.83. The van der Waals surface area contributed by atoms with Crippen molar-refractivity contribution >= 4 is 5.78 Å². The van der Waals surface area contributed by atoms with Gasteiger partial charge in [-0.3, -0.25) is 4.79 Å². The highest BCUT2D eigenvalue weighted by Crippen LogP contribution is 2.17. The first-order valence-corrected chi connectivity index (χ1v) is 3.61. The molecule has 0 aromatic carbocycles. The summed E-state index contributed by atoms with van der Waals surface area (Å²) >= 11 is 0. The highest BCUT2D eigenvalue weighted by Gasteiger charge is 2.28. The summed E-state index contributed by atoms with van der Waals surface area (Å²) in [5.41, 5.74) is -0.441. The summed E-state index contributed by atoms with van der Waals surface area (Å²) in [5, 5.41) is 8.71. The van der Waals surface area contributed by atoms with Gasteiger partial charge in [-0.2, -0.15) is 0 Å². The Labute approximate surface area is 67.4 Å². The lowest BCUT2D eigenvalue weighted by Crippen LogP contribution is -2.36. The van der Waals surface area contributed by atoms with Crippen molar-refractivity contribution in [2.45, 2.75) is 26.9 Å². The minimum atomic E-state index is -0.671. The molecule has 0 aromatic heterocycles. The lowest BCUT2D eigenvalue weighted by Gasteiger charge is -2.21. The number of hydrogen-bond acceptors (Lipinski definition) is 3. The maximum absolute atomic E-state index is 11.3. The minimum Gasteiger partial charge on any atom is -0.393 e. The van der Waals surface area contributed by atoms with Crippen LogP contribution in [-0.4, -0.2) is 30.7 Å². The molecule has 3 nitrogen and oxygen atoms in total. The van der Waals surface area contributed by atoms with Gasteiger partial charge in [0.2, 0.25) is 0 Å². The molecule has 0 amide bonds. The number of aliphatic hydroxyl groups is 1. The smallest absolute Gasteiger partial charge is 0.169 e. The van der Waals surface area contributed by atoms with Crippen LogP contribution in [0.5, 0.6) is 0 Å². The molecule has 0 saturated heterocycles. The van der Waals surface area contributed by atoms with E-state index < -0.39 is 11.5 Å². The number of Topliss-reactive ketones (excluding diaryl/α,β-unsaturated/α-hetero) is 1. The van der Waals surface area contributed by atoms with Crippen LogP contribution in [0.25, 0.3) is 0 Å². The predicted molar refractivity (Wildman–Crippen MR) is 42.3 cm³/mol. The summed E-state index contributed by atoms with van der Waals surface area (Å²) < 4.78 is 4.79. The minimum absolute atomic E-state index is 0.0671. The fourth-order valence-electron chi connectivity index (χ4n) is 0.747. The van der Waals surface area contributed by atoms with Crippen LogP contribution in [0.3, 0.4) is 0 Å². The van der Waals surface area contributed by atoms with E-state index >= 15 is 0 Å². The molecule has 0 aliphatic rings. The van der Waals surface area contributed by atoms with Crippen LogP contribution < -0.4 is 0 Å². The van der Waals surface area contributed by atoms with Gasteiger partial charge in [0, 0.05) is 12.5 Å². The highest BCUT2D eigenvalue weighted by atomic mass is 16.5. The summed E-state index contributed by atoms with van der Waals surface area (Å²) in [6.45, 7) is 5.16. The fraction of sp³-hybridized carbons (Fsp3) is 0.875. The Kier molecular flexibility index (Phi) is 3.69. The fourth-order valence-corrected chi connectivity index (χ4v) is 0.747. The lowest BCUT2D eigenvalue weighted by molar-refractivity contribution is -0.138. The molecule has 0 aromatic rings. The predicted octanol–water partition coefficient (Wildman–Crippen LogP) is 0.609. The van der Waals surface area contributed by atoms with Crippen molar-refractivity contribution in [3.05, 3.63) is 0 Å². The van der Waals surface area contributed by atoms with Gasteiger partial charge in [0.1, 0.15) is 6.10 Å². The largest absolute Gasteiger partial charge is 0.393 e. The summed E-state index contributed by atoms with van der Waals surface area (Å²) in [6, 6.07) is 0. The number of ketones is 1. The van der Waals surface area contributed by atoms with Crippen molar-refractivity contribution in [2.75, 3.05) is 13.7 Å². The zero-order valence-corrected chi connectivity index (χ0v) is 7.55. The van der Waals surface area contributed by atoms with E-state index in [1.54, 1.807) is 20.8 Å². The third-order valence-electron chi connectivity index (χ3n) is 1.48. The molecule has 0 radical (unpaired) electrons. The standard InChI is InChI=1S/C8H16O3/c1-8(2,3)7(10)6(5-9)11-4/h6,9H,5H2,1-4H3/t6-/m0/s1. The normalized spacial score (nSPS) is 14.6. The molecule has 0 aliphatic heterocycles. The van der Waals surface area contributed by atoms with Crippen LogP contribution in [0.15, 0.2) is 0 Å². The number of aliphatic hydroxyl groups excluding tert-OH is 1. The van der Waals surface area contributed by atoms with Crippen LogP contribution in [0, 0.1) is 5.41 Å². The van der Waals surface area contributed by atoms with Crippen LogP contribution in [0.1, 0.15) is 20.8 Å². The second-order valence-electron chi connectivity index (χ2n) is 3.52. The molecule has 0 rings (SSSR count). The van der Waals surface area contributed by atoms with Crippen LogP contribution in [-0.2, 0) is 9.53 Å². The van der Waals surface area contributed by atoms with Crippen molar-refractivity contribution in [3.8, 4) is 0 Å². The Morgan fingerprint density at radius 3 is 2.09 bits per heavy atom. The zero-order valence-electron chi connectivity index (χ0n) is 7.55. The molecule has 66 valence electrons. The third kappa shape index (κ3) is 2.99. The summed E-state index contributed by atoms with van der Waals surface area (Å²) in [4.78, 5) is 11.3. The summed E-state index contributed by atoms with van der Waals surface area (Å²) in [6.07, 6.45) is -0.671. The van der Waals surface area contributed by atoms with Crippen molar-refractivity contribution in [3.63, 3.8) is 0 Å². The van der Waals surface area contributed by atoms with Crippen molar-refractivity contribution in [1.29, 1.82) is 0 Å². The van der Waals surface area contributed by atoms with Crippen LogP contribution >= 0.6 is 0 Å². The lowest BCUT2D eigenvalue weighted by atomic mass is 9.88. The van der Waals surface area contributed by atoms with E-state index in [1.807, 2.05) is 0 Å². The average molecular weight is 160 g/mol. The Balaban J connectivity index is 4.22. The zero-order chi connectivity index (χ0) is 9.07. The van der Waals surface area contributed by atoms with Gasteiger partial charge >= 0.3 is 0 Å². The first-order chi connectivity index (χ1) is 4.93. The van der Waals surface area contributed by atoms with Gasteiger partial charge in [0.15, 0.2) is 5.78 Å². The summed E-state index contributed by atoms with van der Waals surface area (Å²) in [5.74, 6) is -0.0671. The monoisotopic (exact) mass is 160 g/mol. The Bertz CT molecular complexity index is 131. The molecule has 0 unspecified atom stereocenters. The molecule has 1 atom stereocenters. The van der Waals surface area contributed by atoms with E-state index in [2.05, 4.69) is 0 Å². The third-order valence-corrected chi connectivity index (χ3v) is 1.48. The Morgan fingerprint density at radius 1 is 1.55 bits per heavy atom. The maximum Gasteiger partial charge on any atom is 0.169 e. The van der Waals surface area contributed by atoms with Crippen molar-refractivity contribution in [1.82, 2.24) is 0 Å². The second-order valence-corrected chi connectivity index (χ2v) is 3.52. The molecule has 0 heterocycles. The number of carbonyl (C=O) groups is 1. The van der Waals surface area contributed by atoms with Gasteiger partial charge in [0.05, 0.1) is 6.61 Å². The number of carbonyl (C=O) groups excluding carboxylic acids is 1. The molecule has 3 heteroatoms. The molecule has 1 N–H and O–H groups in total. The maximum atomic E-state index is 11.3. The molecule has 0 bridgehead atoms. The van der Waals surface area contributed by atoms with Crippen molar-refractivity contribution in [2.24, 2.45) is 5.41 Å². The van der Waals surface area contributed by atoms with E-state index in [-0.39, 0.29) is 12.4 Å². The van der Waals surface area contributed by atoms with Gasteiger partial charge < -0.3 is 9.84 Å². The van der Waals surface area contributed by atoms with Gasteiger partial charge in [-0.1, -0.05) is 20.8 Å². The van der Waals surface area contributed by atoms with E-state index in [0.29, 0.717) is 0 Å². The Hall–Kier alpha value is -0.410. The quantitative estimate of drug-likeness (QED) is 0.658. The van der Waals surface area contributed by atoms with E-state index in [9.17, 15) is 4.79 Å². The SMILES string of the molecule is CO[C@@H](CO)C(=O)C(C)(C)C. The number of methoxy groups -OCH3 is 1. The van der Waals surface area contributed by atoms with Gasteiger partial charge in [0.25, 0.3) is 0 Å². The van der Waals surface area contributed by atoms with E-state index in [1.165, 1.54) is 7.11 Å². The van der Waals surface area contributed by atoms with Gasteiger partial charge in [-0.05, 0) is 0 Å². The average Bonchev–Trinajstić information content (AvgIpc) is 1.88. The van der Waals surface area contributed by atoms with E-state index in [0.717, 1.165) is 0 Å².